The van der Waals surface area contributed by atoms with Gasteiger partial charge in [0.05, 0.1) is 13.0 Å². The number of aliphatic carboxylic acids is 1. The number of methoxy groups -OCH3 is 1. The van der Waals surface area contributed by atoms with Crippen LogP contribution < -0.4 is 9.44 Å². The summed E-state index contributed by atoms with van der Waals surface area (Å²) >= 11 is 0. The van der Waals surface area contributed by atoms with Crippen molar-refractivity contribution in [1.29, 1.82) is 0 Å². The van der Waals surface area contributed by atoms with Gasteiger partial charge in [-0.1, -0.05) is 0 Å². The van der Waals surface area contributed by atoms with Crippen LogP contribution >= 0.6 is 0 Å². The Balaban J connectivity index is 2.44. The second-order valence-electron chi connectivity index (χ2n) is 4.05. The third kappa shape index (κ3) is 5.97. The topological polar surface area (TPSA) is 105 Å². The molecule has 1 unspecified atom stereocenters. The van der Waals surface area contributed by atoms with Crippen LogP contribution in [0.15, 0.2) is 0 Å². The van der Waals surface area contributed by atoms with Crippen molar-refractivity contribution in [2.45, 2.75) is 25.3 Å². The van der Waals surface area contributed by atoms with Crippen molar-refractivity contribution in [3.8, 4) is 0 Å². The van der Waals surface area contributed by atoms with Gasteiger partial charge >= 0.3 is 5.97 Å². The van der Waals surface area contributed by atoms with Crippen LogP contribution in [0, 0.1) is 5.92 Å². The van der Waals surface area contributed by atoms with E-state index in [1.807, 2.05) is 0 Å². The number of hydrogen-bond donors (Lipinski definition) is 3. The van der Waals surface area contributed by atoms with E-state index in [1.165, 1.54) is 7.11 Å². The molecular formula is C9H18N2O5S. The maximum Gasteiger partial charge on any atom is 0.304 e. The van der Waals surface area contributed by atoms with Crippen LogP contribution in [0.2, 0.25) is 0 Å². The Kier molecular flexibility index (Phi) is 5.31. The first kappa shape index (κ1) is 14.4. The summed E-state index contributed by atoms with van der Waals surface area (Å²) in [6.45, 7) is 0.435. The minimum absolute atomic E-state index is 0.144. The van der Waals surface area contributed by atoms with Crippen molar-refractivity contribution in [3.63, 3.8) is 0 Å². The summed E-state index contributed by atoms with van der Waals surface area (Å²) in [5, 5.41) is 8.70. The predicted molar refractivity (Wildman–Crippen MR) is 60.7 cm³/mol. The molecule has 0 aromatic rings. The first-order chi connectivity index (χ1) is 7.94. The number of hydrogen-bond acceptors (Lipinski definition) is 4. The molecule has 0 radical (unpaired) electrons. The highest BCUT2D eigenvalue weighted by molar-refractivity contribution is 7.87. The van der Waals surface area contributed by atoms with Crippen LogP contribution in [0.4, 0.5) is 0 Å². The molecule has 1 fully saturated rings. The van der Waals surface area contributed by atoms with E-state index in [2.05, 4.69) is 9.44 Å². The molecule has 1 aliphatic rings. The highest BCUT2D eigenvalue weighted by Crippen LogP contribution is 2.34. The van der Waals surface area contributed by atoms with Crippen molar-refractivity contribution in [1.82, 2.24) is 9.44 Å². The molecule has 0 bridgehead atoms. The maximum atomic E-state index is 11.6. The lowest BCUT2D eigenvalue weighted by molar-refractivity contribution is -0.137. The summed E-state index contributed by atoms with van der Waals surface area (Å²) in [5.41, 5.74) is 0. The molecule has 7 nitrogen and oxygen atoms in total. The maximum absolute atomic E-state index is 11.6. The van der Waals surface area contributed by atoms with Crippen molar-refractivity contribution >= 4 is 16.2 Å². The highest BCUT2D eigenvalue weighted by atomic mass is 32.2. The quantitative estimate of drug-likeness (QED) is 0.479. The molecule has 0 saturated heterocycles. The van der Waals surface area contributed by atoms with Crippen LogP contribution in [-0.4, -0.2) is 45.8 Å². The molecule has 1 saturated carbocycles. The van der Waals surface area contributed by atoms with Crippen LogP contribution in [0.1, 0.15) is 19.3 Å². The Bertz CT molecular complexity index is 352. The van der Waals surface area contributed by atoms with Gasteiger partial charge in [0.2, 0.25) is 0 Å². The Morgan fingerprint density at radius 1 is 1.53 bits per heavy atom. The Hall–Kier alpha value is -0.700. The standard InChI is InChI=1S/C9H18N2O5S/c1-16-5-4-10-17(14,15)11-8(6-9(12)13)7-2-3-7/h7-8,10-11H,2-6H2,1H3,(H,12,13). The zero-order chi connectivity index (χ0) is 12.9. The summed E-state index contributed by atoms with van der Waals surface area (Å²) in [7, 11) is -2.18. The zero-order valence-corrected chi connectivity index (χ0v) is 10.5. The summed E-state index contributed by atoms with van der Waals surface area (Å²) in [5.74, 6) is -0.855. The molecule has 0 aromatic heterocycles. The minimum atomic E-state index is -3.65. The van der Waals surface area contributed by atoms with E-state index in [0.29, 0.717) is 0 Å². The smallest absolute Gasteiger partial charge is 0.304 e. The fourth-order valence-electron chi connectivity index (χ4n) is 1.51. The van der Waals surface area contributed by atoms with Gasteiger partial charge in [0.25, 0.3) is 10.2 Å². The number of rotatable bonds is 9. The van der Waals surface area contributed by atoms with Crippen molar-refractivity contribution in [2.24, 2.45) is 5.92 Å². The van der Waals surface area contributed by atoms with Gasteiger partial charge < -0.3 is 9.84 Å². The number of ether oxygens (including phenoxy) is 1. The van der Waals surface area contributed by atoms with Gasteiger partial charge in [0.15, 0.2) is 0 Å². The molecule has 0 heterocycles. The monoisotopic (exact) mass is 266 g/mol. The summed E-state index contributed by atoms with van der Waals surface area (Å²) < 4.78 is 32.5. The molecular weight excluding hydrogens is 248 g/mol. The molecule has 0 aliphatic heterocycles. The summed E-state index contributed by atoms with van der Waals surface area (Å²) in [4.78, 5) is 10.6. The Morgan fingerprint density at radius 2 is 2.18 bits per heavy atom. The second-order valence-corrected chi connectivity index (χ2v) is 5.58. The Labute approximate surface area is 101 Å². The third-order valence-corrected chi connectivity index (χ3v) is 3.69. The van der Waals surface area contributed by atoms with E-state index >= 15 is 0 Å². The van der Waals surface area contributed by atoms with E-state index < -0.39 is 22.2 Å². The fourth-order valence-corrected chi connectivity index (χ4v) is 2.62. The lowest BCUT2D eigenvalue weighted by Gasteiger charge is -2.16. The largest absolute Gasteiger partial charge is 0.481 e. The van der Waals surface area contributed by atoms with Gasteiger partial charge in [-0.2, -0.15) is 17.9 Å². The molecule has 0 amide bonds. The number of carbonyl (C=O) groups is 1. The SMILES string of the molecule is COCCNS(=O)(=O)NC(CC(=O)O)C1CC1. The van der Waals surface area contributed by atoms with Crippen LogP contribution in [0.5, 0.6) is 0 Å². The van der Waals surface area contributed by atoms with Crippen LogP contribution in [-0.2, 0) is 19.7 Å². The normalized spacial score (nSPS) is 17.9. The summed E-state index contributed by atoms with van der Waals surface area (Å²) in [6, 6.07) is -0.521. The molecule has 8 heteroatoms. The lowest BCUT2D eigenvalue weighted by Crippen LogP contribution is -2.45. The average molecular weight is 266 g/mol. The van der Waals surface area contributed by atoms with Gasteiger partial charge in [-0.25, -0.2) is 0 Å². The second kappa shape index (κ2) is 6.29. The first-order valence-electron chi connectivity index (χ1n) is 5.42. The number of carboxylic acid groups (broad SMARTS) is 1. The fraction of sp³-hybridized carbons (Fsp3) is 0.889. The zero-order valence-electron chi connectivity index (χ0n) is 9.68. The molecule has 100 valence electrons. The Morgan fingerprint density at radius 3 is 2.65 bits per heavy atom. The molecule has 0 spiro atoms. The number of carboxylic acids is 1. The van der Waals surface area contributed by atoms with E-state index in [1.54, 1.807) is 0 Å². The molecule has 0 aromatic carbocycles. The van der Waals surface area contributed by atoms with Crippen molar-refractivity contribution in [2.75, 3.05) is 20.3 Å². The molecule has 1 rings (SSSR count). The molecule has 3 N–H and O–H groups in total. The predicted octanol–water partition coefficient (Wildman–Crippen LogP) is -0.690. The minimum Gasteiger partial charge on any atom is -0.481 e. The van der Waals surface area contributed by atoms with E-state index in [9.17, 15) is 13.2 Å². The van der Waals surface area contributed by atoms with E-state index in [4.69, 9.17) is 9.84 Å². The first-order valence-corrected chi connectivity index (χ1v) is 6.90. The van der Waals surface area contributed by atoms with Gasteiger partial charge in [-0.05, 0) is 18.8 Å². The highest BCUT2D eigenvalue weighted by Gasteiger charge is 2.35. The number of nitrogens with one attached hydrogen (secondary N) is 2. The van der Waals surface area contributed by atoms with Gasteiger partial charge in [-0.3, -0.25) is 4.79 Å². The van der Waals surface area contributed by atoms with Gasteiger partial charge in [-0.15, -0.1) is 0 Å². The van der Waals surface area contributed by atoms with Crippen molar-refractivity contribution < 1.29 is 23.1 Å². The summed E-state index contributed by atoms with van der Waals surface area (Å²) in [6.07, 6.45) is 1.56. The molecule has 1 atom stereocenters. The van der Waals surface area contributed by atoms with E-state index in [0.717, 1.165) is 12.8 Å². The van der Waals surface area contributed by atoms with Crippen LogP contribution in [0.3, 0.4) is 0 Å². The third-order valence-electron chi connectivity index (χ3n) is 2.49. The van der Waals surface area contributed by atoms with Crippen LogP contribution in [0.25, 0.3) is 0 Å². The molecule has 17 heavy (non-hydrogen) atoms. The molecule has 1 aliphatic carbocycles. The average Bonchev–Trinajstić information content (AvgIpc) is 2.98. The lowest BCUT2D eigenvalue weighted by atomic mass is 10.1. The van der Waals surface area contributed by atoms with E-state index in [-0.39, 0.29) is 25.5 Å². The van der Waals surface area contributed by atoms with Gasteiger partial charge in [0, 0.05) is 19.7 Å². The van der Waals surface area contributed by atoms with Gasteiger partial charge in [0.1, 0.15) is 0 Å². The van der Waals surface area contributed by atoms with Crippen molar-refractivity contribution in [3.05, 3.63) is 0 Å².